The monoisotopic (exact) mass is 208 g/mol. The van der Waals surface area contributed by atoms with Gasteiger partial charge in [-0.15, -0.1) is 0 Å². The van der Waals surface area contributed by atoms with Crippen LogP contribution in [0.2, 0.25) is 0 Å². The Labute approximate surface area is 77.1 Å². The van der Waals surface area contributed by atoms with Gasteiger partial charge in [-0.1, -0.05) is 0 Å². The summed E-state index contributed by atoms with van der Waals surface area (Å²) < 4.78 is 39.6. The van der Waals surface area contributed by atoms with Crippen LogP contribution in [0.1, 0.15) is 0 Å². The molecule has 7 heteroatoms. The molecule has 0 saturated heterocycles. The molecule has 1 heterocycles. The first-order valence-corrected chi connectivity index (χ1v) is 3.53. The van der Waals surface area contributed by atoms with Crippen molar-refractivity contribution in [2.24, 2.45) is 0 Å². The number of nitrogens with zero attached hydrogens (tertiary/aromatic N) is 1. The number of aliphatic hydroxyl groups is 1. The van der Waals surface area contributed by atoms with E-state index in [-0.39, 0.29) is 5.69 Å². The average Bonchev–Trinajstić information content (AvgIpc) is 2.07. The predicted molar refractivity (Wildman–Crippen MR) is 41.3 cm³/mol. The second-order valence-electron chi connectivity index (χ2n) is 2.41. The molecule has 14 heavy (non-hydrogen) atoms. The van der Waals surface area contributed by atoms with E-state index in [0.29, 0.717) is 0 Å². The molecule has 0 bridgehead atoms. The quantitative estimate of drug-likeness (QED) is 0.709. The van der Waals surface area contributed by atoms with E-state index in [9.17, 15) is 13.2 Å². The highest BCUT2D eigenvalue weighted by atomic mass is 19.4. The molecule has 0 fully saturated rings. The summed E-state index contributed by atoms with van der Waals surface area (Å²) in [6.45, 7) is 0. The van der Waals surface area contributed by atoms with Crippen LogP contribution in [0.25, 0.3) is 0 Å². The Morgan fingerprint density at radius 1 is 1.50 bits per heavy atom. The van der Waals surface area contributed by atoms with Crippen molar-refractivity contribution in [2.45, 2.75) is 12.5 Å². The highest BCUT2D eigenvalue weighted by Gasteiger charge is 2.41. The summed E-state index contributed by atoms with van der Waals surface area (Å²) in [6.07, 6.45) is -6.57. The van der Waals surface area contributed by atoms with Crippen LogP contribution in [-0.4, -0.2) is 22.6 Å². The van der Waals surface area contributed by atoms with Gasteiger partial charge in [0.2, 0.25) is 5.88 Å². The maximum atomic E-state index is 11.8. The van der Waals surface area contributed by atoms with E-state index < -0.39 is 18.3 Å². The Bertz CT molecular complexity index is 316. The van der Waals surface area contributed by atoms with Gasteiger partial charge in [0.05, 0.1) is 5.69 Å². The lowest BCUT2D eigenvalue weighted by Crippen LogP contribution is -2.34. The number of nitrogens with two attached hydrogens (primary N) is 1. The van der Waals surface area contributed by atoms with Crippen LogP contribution in [0.4, 0.5) is 18.9 Å². The molecule has 0 radical (unpaired) electrons. The molecule has 0 spiro atoms. The smallest absolute Gasteiger partial charge is 0.436 e. The molecule has 1 unspecified atom stereocenters. The van der Waals surface area contributed by atoms with E-state index in [2.05, 4.69) is 9.72 Å². The van der Waals surface area contributed by atoms with Crippen LogP contribution in [0.5, 0.6) is 5.88 Å². The number of hydrogen-bond donors (Lipinski definition) is 2. The second-order valence-corrected chi connectivity index (χ2v) is 2.41. The fourth-order valence-corrected chi connectivity index (χ4v) is 0.674. The van der Waals surface area contributed by atoms with Gasteiger partial charge in [0.1, 0.15) is 0 Å². The number of rotatable bonds is 2. The lowest BCUT2D eigenvalue weighted by Gasteiger charge is -2.15. The SMILES string of the molecule is Nc1cccnc1OC(O)C(F)(F)F. The first-order valence-electron chi connectivity index (χ1n) is 3.53. The maximum absolute atomic E-state index is 11.8. The van der Waals surface area contributed by atoms with Gasteiger partial charge in [-0.05, 0) is 12.1 Å². The van der Waals surface area contributed by atoms with Gasteiger partial charge in [0, 0.05) is 6.20 Å². The molecule has 4 nitrogen and oxygen atoms in total. The highest BCUT2D eigenvalue weighted by molar-refractivity contribution is 5.46. The molecule has 0 saturated carbocycles. The van der Waals surface area contributed by atoms with Crippen LogP contribution < -0.4 is 10.5 Å². The average molecular weight is 208 g/mol. The minimum absolute atomic E-state index is 0.0733. The van der Waals surface area contributed by atoms with Crippen molar-refractivity contribution in [1.29, 1.82) is 0 Å². The fraction of sp³-hybridized carbons (Fsp3) is 0.286. The molecule has 1 aromatic heterocycles. The molecule has 0 aliphatic heterocycles. The summed E-state index contributed by atoms with van der Waals surface area (Å²) in [5, 5.41) is 8.52. The van der Waals surface area contributed by atoms with Crippen molar-refractivity contribution in [3.63, 3.8) is 0 Å². The predicted octanol–water partition coefficient (Wildman–Crippen LogP) is 0.923. The van der Waals surface area contributed by atoms with Crippen molar-refractivity contribution < 1.29 is 23.0 Å². The van der Waals surface area contributed by atoms with Gasteiger partial charge in [-0.25, -0.2) is 4.98 Å². The van der Waals surface area contributed by atoms with Gasteiger partial charge in [0.15, 0.2) is 0 Å². The maximum Gasteiger partial charge on any atom is 0.452 e. The molecule has 1 atom stereocenters. The molecular weight excluding hydrogens is 201 g/mol. The van der Waals surface area contributed by atoms with Crippen molar-refractivity contribution in [2.75, 3.05) is 5.73 Å². The van der Waals surface area contributed by atoms with E-state index in [1.54, 1.807) is 0 Å². The zero-order valence-corrected chi connectivity index (χ0v) is 6.82. The molecule has 1 aromatic rings. The van der Waals surface area contributed by atoms with Crippen molar-refractivity contribution in [1.82, 2.24) is 4.98 Å². The largest absolute Gasteiger partial charge is 0.452 e. The summed E-state index contributed by atoms with van der Waals surface area (Å²) in [6, 6.07) is 2.74. The van der Waals surface area contributed by atoms with E-state index in [4.69, 9.17) is 10.8 Å². The number of ether oxygens (including phenoxy) is 1. The third kappa shape index (κ3) is 2.49. The van der Waals surface area contributed by atoms with E-state index >= 15 is 0 Å². The number of aliphatic hydroxyl groups excluding tert-OH is 1. The Morgan fingerprint density at radius 3 is 2.64 bits per heavy atom. The van der Waals surface area contributed by atoms with E-state index in [1.807, 2.05) is 0 Å². The summed E-state index contributed by atoms with van der Waals surface area (Å²) in [5.41, 5.74) is 5.17. The summed E-state index contributed by atoms with van der Waals surface area (Å²) in [7, 11) is 0. The van der Waals surface area contributed by atoms with Gasteiger partial charge in [0.25, 0.3) is 6.29 Å². The lowest BCUT2D eigenvalue weighted by molar-refractivity contribution is -0.265. The van der Waals surface area contributed by atoms with Crippen molar-refractivity contribution in [3.05, 3.63) is 18.3 Å². The number of anilines is 1. The summed E-state index contributed by atoms with van der Waals surface area (Å²) >= 11 is 0. The normalized spacial score (nSPS) is 13.7. The van der Waals surface area contributed by atoms with Gasteiger partial charge in [-0.3, -0.25) is 0 Å². The summed E-state index contributed by atoms with van der Waals surface area (Å²) in [4.78, 5) is 3.42. The molecular formula is C7H7F3N2O2. The second kappa shape index (κ2) is 3.70. The molecule has 0 aromatic carbocycles. The van der Waals surface area contributed by atoms with Crippen molar-refractivity contribution >= 4 is 5.69 Å². The third-order valence-corrected chi connectivity index (χ3v) is 1.30. The number of halogens is 3. The van der Waals surface area contributed by atoms with Gasteiger partial charge in [-0.2, -0.15) is 13.2 Å². The van der Waals surface area contributed by atoms with Gasteiger partial charge >= 0.3 is 6.18 Å². The molecule has 1 rings (SSSR count). The standard InChI is InChI=1S/C7H7F3N2O2/c8-7(9,10)6(13)14-5-4(11)2-1-3-12-5/h1-3,6,13H,11H2. The number of aromatic nitrogens is 1. The van der Waals surface area contributed by atoms with E-state index in [0.717, 1.165) is 0 Å². The van der Waals surface area contributed by atoms with Crippen LogP contribution in [0.15, 0.2) is 18.3 Å². The minimum Gasteiger partial charge on any atom is -0.436 e. The van der Waals surface area contributed by atoms with Crippen LogP contribution >= 0.6 is 0 Å². The third-order valence-electron chi connectivity index (χ3n) is 1.30. The van der Waals surface area contributed by atoms with Gasteiger partial charge < -0.3 is 15.6 Å². The molecule has 0 aliphatic rings. The van der Waals surface area contributed by atoms with Crippen LogP contribution in [-0.2, 0) is 0 Å². The first kappa shape index (κ1) is 10.6. The van der Waals surface area contributed by atoms with Crippen LogP contribution in [0, 0.1) is 0 Å². The number of hydrogen-bond acceptors (Lipinski definition) is 4. The zero-order chi connectivity index (χ0) is 10.8. The van der Waals surface area contributed by atoms with Crippen molar-refractivity contribution in [3.8, 4) is 5.88 Å². The van der Waals surface area contributed by atoms with Crippen LogP contribution in [0.3, 0.4) is 0 Å². The molecule has 3 N–H and O–H groups in total. The Morgan fingerprint density at radius 2 is 2.14 bits per heavy atom. The highest BCUT2D eigenvalue weighted by Crippen LogP contribution is 2.25. The molecule has 78 valence electrons. The molecule has 0 amide bonds. The first-order chi connectivity index (χ1) is 6.41. The summed E-state index contributed by atoms with van der Waals surface area (Å²) in [5.74, 6) is -0.447. The van der Waals surface area contributed by atoms with E-state index in [1.165, 1.54) is 18.3 Å². The Kier molecular flexibility index (Phi) is 2.80. The number of pyridine rings is 1. The fourth-order valence-electron chi connectivity index (χ4n) is 0.674. The number of alkyl halides is 3. The Hall–Kier alpha value is -1.50. The minimum atomic E-state index is -4.86. The Balaban J connectivity index is 2.75. The topological polar surface area (TPSA) is 68.4 Å². The lowest BCUT2D eigenvalue weighted by atomic mass is 10.4. The number of nitrogen functional groups attached to an aromatic ring is 1. The zero-order valence-electron chi connectivity index (χ0n) is 6.82. The molecule has 0 aliphatic carbocycles.